The lowest BCUT2D eigenvalue weighted by Gasteiger charge is -2.20. The molecule has 0 bridgehead atoms. The number of hydrogen-bond acceptors (Lipinski definition) is 2. The Labute approximate surface area is 72.7 Å². The van der Waals surface area contributed by atoms with Gasteiger partial charge in [0.25, 0.3) is 0 Å². The molecule has 1 aliphatic rings. The van der Waals surface area contributed by atoms with Crippen LogP contribution in [0.5, 0.6) is 0 Å². The summed E-state index contributed by atoms with van der Waals surface area (Å²) in [5.41, 5.74) is 0. The van der Waals surface area contributed by atoms with Crippen molar-refractivity contribution in [2.45, 2.75) is 32.1 Å². The molecule has 3 heteroatoms. The van der Waals surface area contributed by atoms with E-state index in [0.717, 1.165) is 0 Å². The van der Waals surface area contributed by atoms with Crippen LogP contribution in [0, 0.1) is 5.92 Å². The molecule has 0 aromatic rings. The van der Waals surface area contributed by atoms with Gasteiger partial charge in [-0.2, -0.15) is 0 Å². The van der Waals surface area contributed by atoms with Gasteiger partial charge < -0.3 is 9.84 Å². The Hall–Kier alpha value is -0.570. The molecular weight excluding hydrogens is 156 g/mol. The minimum Gasteiger partial charge on any atom is -0.480 e. The molecule has 1 aliphatic carbocycles. The van der Waals surface area contributed by atoms with E-state index in [2.05, 4.69) is 0 Å². The zero-order valence-corrected chi connectivity index (χ0v) is 7.29. The van der Waals surface area contributed by atoms with Crippen LogP contribution in [0.4, 0.5) is 0 Å². The van der Waals surface area contributed by atoms with E-state index in [4.69, 9.17) is 9.84 Å². The number of aliphatic carboxylic acids is 1. The van der Waals surface area contributed by atoms with Crippen molar-refractivity contribution >= 4 is 5.97 Å². The molecule has 0 saturated heterocycles. The van der Waals surface area contributed by atoms with E-state index in [1.165, 1.54) is 32.1 Å². The molecule has 0 amide bonds. The van der Waals surface area contributed by atoms with Gasteiger partial charge in [0.05, 0.1) is 6.61 Å². The third-order valence-electron chi connectivity index (χ3n) is 2.30. The van der Waals surface area contributed by atoms with E-state index >= 15 is 0 Å². The maximum Gasteiger partial charge on any atom is 0.329 e. The summed E-state index contributed by atoms with van der Waals surface area (Å²) in [6.07, 6.45) is 6.30. The lowest BCUT2D eigenvalue weighted by molar-refractivity contribution is -0.142. The molecule has 0 aromatic carbocycles. The van der Waals surface area contributed by atoms with Gasteiger partial charge in [-0.25, -0.2) is 4.79 Å². The minimum absolute atomic E-state index is 0.142. The van der Waals surface area contributed by atoms with Gasteiger partial charge in [0, 0.05) is 0 Å². The number of ether oxygens (including phenoxy) is 1. The second-order valence-corrected chi connectivity index (χ2v) is 3.41. The fraction of sp³-hybridized carbons (Fsp3) is 0.889. The first-order valence-corrected chi connectivity index (χ1v) is 4.58. The van der Waals surface area contributed by atoms with Gasteiger partial charge >= 0.3 is 5.97 Å². The van der Waals surface area contributed by atoms with Crippen molar-refractivity contribution < 1.29 is 14.6 Å². The molecular formula is C9H16O3. The van der Waals surface area contributed by atoms with E-state index in [-0.39, 0.29) is 6.61 Å². The second-order valence-electron chi connectivity index (χ2n) is 3.41. The van der Waals surface area contributed by atoms with E-state index in [1.54, 1.807) is 0 Å². The van der Waals surface area contributed by atoms with Crippen LogP contribution in [0.25, 0.3) is 0 Å². The first kappa shape index (κ1) is 9.52. The van der Waals surface area contributed by atoms with Gasteiger partial charge in [-0.1, -0.05) is 19.3 Å². The molecule has 0 unspecified atom stereocenters. The van der Waals surface area contributed by atoms with Crippen molar-refractivity contribution in [3.8, 4) is 0 Å². The van der Waals surface area contributed by atoms with Gasteiger partial charge in [0.1, 0.15) is 6.61 Å². The molecule has 0 aromatic heterocycles. The van der Waals surface area contributed by atoms with E-state index in [9.17, 15) is 4.79 Å². The predicted octanol–water partition coefficient (Wildman–Crippen LogP) is 1.67. The summed E-state index contributed by atoms with van der Waals surface area (Å²) in [5, 5.41) is 8.32. The van der Waals surface area contributed by atoms with Crippen molar-refractivity contribution in [1.82, 2.24) is 0 Å². The van der Waals surface area contributed by atoms with Crippen LogP contribution in [0.3, 0.4) is 0 Å². The molecule has 0 atom stereocenters. The number of carboxylic acids is 1. The molecule has 1 N–H and O–H groups in total. The third kappa shape index (κ3) is 3.72. The van der Waals surface area contributed by atoms with Gasteiger partial charge in [0.2, 0.25) is 0 Å². The fourth-order valence-electron chi connectivity index (χ4n) is 1.67. The van der Waals surface area contributed by atoms with Crippen LogP contribution in [0.2, 0.25) is 0 Å². The van der Waals surface area contributed by atoms with Crippen LogP contribution in [-0.2, 0) is 9.53 Å². The molecule has 0 spiro atoms. The van der Waals surface area contributed by atoms with Crippen molar-refractivity contribution in [3.05, 3.63) is 0 Å². The van der Waals surface area contributed by atoms with Gasteiger partial charge in [0.15, 0.2) is 0 Å². The maximum atomic E-state index is 10.1. The third-order valence-corrected chi connectivity index (χ3v) is 2.30. The number of carboxylic acid groups (broad SMARTS) is 1. The van der Waals surface area contributed by atoms with Crippen molar-refractivity contribution in [3.63, 3.8) is 0 Å². The van der Waals surface area contributed by atoms with Gasteiger partial charge in [-0.3, -0.25) is 0 Å². The highest BCUT2D eigenvalue weighted by atomic mass is 16.5. The Morgan fingerprint density at radius 2 is 2.00 bits per heavy atom. The first-order chi connectivity index (χ1) is 5.79. The minimum atomic E-state index is -0.870. The van der Waals surface area contributed by atoms with Gasteiger partial charge in [-0.15, -0.1) is 0 Å². The zero-order valence-electron chi connectivity index (χ0n) is 7.29. The van der Waals surface area contributed by atoms with Gasteiger partial charge in [-0.05, 0) is 18.8 Å². The quantitative estimate of drug-likeness (QED) is 0.701. The van der Waals surface area contributed by atoms with E-state index in [1.807, 2.05) is 0 Å². The van der Waals surface area contributed by atoms with Crippen LogP contribution >= 0.6 is 0 Å². The molecule has 0 heterocycles. The monoisotopic (exact) mass is 172 g/mol. The predicted molar refractivity (Wildman–Crippen MR) is 45.0 cm³/mol. The van der Waals surface area contributed by atoms with Crippen LogP contribution in [-0.4, -0.2) is 24.3 Å². The fourth-order valence-corrected chi connectivity index (χ4v) is 1.67. The van der Waals surface area contributed by atoms with Crippen molar-refractivity contribution in [2.24, 2.45) is 5.92 Å². The van der Waals surface area contributed by atoms with Crippen LogP contribution in [0.1, 0.15) is 32.1 Å². The molecule has 1 saturated carbocycles. The molecule has 1 rings (SSSR count). The second kappa shape index (κ2) is 5.14. The highest BCUT2D eigenvalue weighted by Crippen LogP contribution is 2.23. The number of carbonyl (C=O) groups is 1. The van der Waals surface area contributed by atoms with Crippen molar-refractivity contribution in [1.29, 1.82) is 0 Å². The molecule has 0 aliphatic heterocycles. The highest BCUT2D eigenvalue weighted by molar-refractivity contribution is 5.67. The summed E-state index contributed by atoms with van der Waals surface area (Å²) in [4.78, 5) is 10.1. The molecule has 0 radical (unpaired) electrons. The topological polar surface area (TPSA) is 46.5 Å². The van der Waals surface area contributed by atoms with Crippen molar-refractivity contribution in [2.75, 3.05) is 13.2 Å². The lowest BCUT2D eigenvalue weighted by Crippen LogP contribution is -2.16. The Morgan fingerprint density at radius 1 is 1.33 bits per heavy atom. The highest BCUT2D eigenvalue weighted by Gasteiger charge is 2.13. The Bertz CT molecular complexity index is 139. The summed E-state index contributed by atoms with van der Waals surface area (Å²) >= 11 is 0. The molecule has 1 fully saturated rings. The summed E-state index contributed by atoms with van der Waals surface area (Å²) < 4.78 is 5.04. The Kier molecular flexibility index (Phi) is 4.08. The summed E-state index contributed by atoms with van der Waals surface area (Å²) in [6.45, 7) is 0.489. The smallest absolute Gasteiger partial charge is 0.329 e. The average Bonchev–Trinajstić information content (AvgIpc) is 2.05. The standard InChI is InChI=1S/C9H16O3/c10-9(11)7-12-6-8-4-2-1-3-5-8/h8H,1-7H2,(H,10,11). The maximum absolute atomic E-state index is 10.1. The van der Waals surface area contributed by atoms with Crippen LogP contribution < -0.4 is 0 Å². The SMILES string of the molecule is O=C(O)COCC1CCCCC1. The van der Waals surface area contributed by atoms with E-state index < -0.39 is 5.97 Å². The summed E-state index contributed by atoms with van der Waals surface area (Å²) in [6, 6.07) is 0. The zero-order chi connectivity index (χ0) is 8.81. The lowest BCUT2D eigenvalue weighted by atomic mass is 9.90. The largest absolute Gasteiger partial charge is 0.480 e. The normalized spacial score (nSPS) is 19.3. The summed E-state index contributed by atoms with van der Waals surface area (Å²) in [7, 11) is 0. The number of hydrogen-bond donors (Lipinski definition) is 1. The van der Waals surface area contributed by atoms with Crippen LogP contribution in [0.15, 0.2) is 0 Å². The average molecular weight is 172 g/mol. The Balaban J connectivity index is 2.01. The van der Waals surface area contributed by atoms with E-state index in [0.29, 0.717) is 12.5 Å². The summed E-state index contributed by atoms with van der Waals surface area (Å²) in [5.74, 6) is -0.260. The Morgan fingerprint density at radius 3 is 2.58 bits per heavy atom. The first-order valence-electron chi connectivity index (χ1n) is 4.58. The molecule has 70 valence electrons. The molecule has 12 heavy (non-hydrogen) atoms. The molecule has 3 nitrogen and oxygen atoms in total. The number of rotatable bonds is 4.